The number of rotatable bonds is 3. The lowest BCUT2D eigenvalue weighted by atomic mass is 9.81. The first kappa shape index (κ1) is 18.6. The van der Waals surface area contributed by atoms with E-state index in [9.17, 15) is 0 Å². The van der Waals surface area contributed by atoms with Crippen LogP contribution < -0.4 is 0 Å². The first-order valence-corrected chi connectivity index (χ1v) is 11.3. The highest BCUT2D eigenvalue weighted by molar-refractivity contribution is 14.1. The molecule has 0 N–H and O–H groups in total. The topological polar surface area (TPSA) is 12.9 Å². The quantitative estimate of drug-likeness (QED) is 0.276. The molecule has 0 unspecified atom stereocenters. The van der Waals surface area contributed by atoms with Gasteiger partial charge in [-0.2, -0.15) is 0 Å². The summed E-state index contributed by atoms with van der Waals surface area (Å²) in [6, 6.07) is 28.2. The van der Waals surface area contributed by atoms with Gasteiger partial charge in [-0.1, -0.05) is 79.7 Å². The van der Waals surface area contributed by atoms with E-state index in [-0.39, 0.29) is 0 Å². The molecule has 0 spiro atoms. The Morgan fingerprint density at radius 3 is 2.21 bits per heavy atom. The highest BCUT2D eigenvalue weighted by atomic mass is 127. The minimum atomic E-state index is 0.965. The van der Waals surface area contributed by atoms with Crippen molar-refractivity contribution in [2.24, 2.45) is 0 Å². The number of fused-ring (bicyclic) bond motifs is 3. The summed E-state index contributed by atoms with van der Waals surface area (Å²) in [6.45, 7) is 2.26. The van der Waals surface area contributed by atoms with Crippen LogP contribution in [0.2, 0.25) is 0 Å². The minimum Gasteiger partial charge on any atom is -0.247 e. The van der Waals surface area contributed by atoms with Gasteiger partial charge in [0.15, 0.2) is 0 Å². The van der Waals surface area contributed by atoms with Crippen LogP contribution in [0.4, 0.5) is 0 Å². The van der Waals surface area contributed by atoms with Gasteiger partial charge in [-0.25, -0.2) is 4.98 Å². The van der Waals surface area contributed by atoms with Crippen molar-refractivity contribution >= 4 is 22.6 Å². The first-order chi connectivity index (χ1) is 14.3. The van der Waals surface area contributed by atoms with Gasteiger partial charge in [-0.3, -0.25) is 0 Å². The third-order valence-electron chi connectivity index (χ3n) is 5.86. The van der Waals surface area contributed by atoms with Crippen LogP contribution in [0.1, 0.15) is 23.6 Å². The zero-order valence-corrected chi connectivity index (χ0v) is 18.6. The van der Waals surface area contributed by atoms with Gasteiger partial charge in [0.05, 0.1) is 11.4 Å². The lowest BCUT2D eigenvalue weighted by Gasteiger charge is -2.26. The van der Waals surface area contributed by atoms with Crippen molar-refractivity contribution < 1.29 is 0 Å². The van der Waals surface area contributed by atoms with Crippen molar-refractivity contribution in [3.63, 3.8) is 0 Å². The van der Waals surface area contributed by atoms with E-state index in [4.69, 9.17) is 4.98 Å². The molecule has 0 fully saturated rings. The molecule has 0 saturated heterocycles. The molecule has 3 aromatic carbocycles. The second kappa shape index (κ2) is 7.75. The Hall–Kier alpha value is -2.46. The summed E-state index contributed by atoms with van der Waals surface area (Å²) in [6.07, 6.45) is 3.09. The summed E-state index contributed by atoms with van der Waals surface area (Å²) in [5.41, 5.74) is 11.7. The second-order valence-electron chi connectivity index (χ2n) is 7.50. The maximum Gasteiger partial charge on any atom is 0.0758 e. The Labute approximate surface area is 186 Å². The lowest BCUT2D eigenvalue weighted by molar-refractivity contribution is 0.922. The van der Waals surface area contributed by atoms with Gasteiger partial charge >= 0.3 is 0 Å². The maximum absolute atomic E-state index is 5.34. The SMILES string of the molecule is CCc1c(-c2ccccc2I)nc2c(c1-c1ccccc1)CCc1ccccc1-2. The number of halogens is 1. The predicted octanol–water partition coefficient (Wildman–Crippen LogP) is 7.35. The van der Waals surface area contributed by atoms with E-state index in [1.807, 2.05) is 0 Å². The highest BCUT2D eigenvalue weighted by Crippen LogP contribution is 2.43. The summed E-state index contributed by atoms with van der Waals surface area (Å²) in [7, 11) is 0. The normalized spacial score (nSPS) is 12.3. The number of pyridine rings is 1. The molecule has 4 aromatic rings. The summed E-state index contributed by atoms with van der Waals surface area (Å²) in [5, 5.41) is 0. The summed E-state index contributed by atoms with van der Waals surface area (Å²) < 4.78 is 1.25. The van der Waals surface area contributed by atoms with Crippen molar-refractivity contribution in [2.45, 2.75) is 26.2 Å². The van der Waals surface area contributed by atoms with Crippen molar-refractivity contribution in [1.29, 1.82) is 0 Å². The fourth-order valence-electron chi connectivity index (χ4n) is 4.53. The minimum absolute atomic E-state index is 0.965. The molecule has 2 heteroatoms. The summed E-state index contributed by atoms with van der Waals surface area (Å²) in [4.78, 5) is 5.34. The molecule has 0 saturated carbocycles. The van der Waals surface area contributed by atoms with E-state index < -0.39 is 0 Å². The van der Waals surface area contributed by atoms with Crippen LogP contribution in [0.5, 0.6) is 0 Å². The standard InChI is InChI=1S/C27H22IN/c1-2-20-25(19-11-4-3-5-12-19)23-17-16-18-10-6-7-13-21(18)27(23)29-26(20)22-14-8-9-15-24(22)28/h3-15H,2,16-17H2,1H3. The number of aryl methyl sites for hydroxylation is 1. The fourth-order valence-corrected chi connectivity index (χ4v) is 5.18. The van der Waals surface area contributed by atoms with Crippen LogP contribution in [0.3, 0.4) is 0 Å². The molecule has 1 aliphatic rings. The van der Waals surface area contributed by atoms with Gasteiger partial charge in [-0.15, -0.1) is 0 Å². The van der Waals surface area contributed by atoms with Crippen LogP contribution >= 0.6 is 22.6 Å². The second-order valence-corrected chi connectivity index (χ2v) is 8.66. The maximum atomic E-state index is 5.34. The first-order valence-electron chi connectivity index (χ1n) is 10.2. The summed E-state index contributed by atoms with van der Waals surface area (Å²) >= 11 is 2.44. The van der Waals surface area contributed by atoms with Crippen LogP contribution in [0, 0.1) is 3.57 Å². The van der Waals surface area contributed by atoms with E-state index in [0.717, 1.165) is 30.7 Å². The molecule has 0 radical (unpaired) electrons. The largest absolute Gasteiger partial charge is 0.247 e. The van der Waals surface area contributed by atoms with Crippen molar-refractivity contribution in [2.75, 3.05) is 0 Å². The van der Waals surface area contributed by atoms with Gasteiger partial charge in [0.2, 0.25) is 0 Å². The highest BCUT2D eigenvalue weighted by Gasteiger charge is 2.26. The van der Waals surface area contributed by atoms with Crippen LogP contribution in [0.25, 0.3) is 33.6 Å². The predicted molar refractivity (Wildman–Crippen MR) is 130 cm³/mol. The Morgan fingerprint density at radius 2 is 1.45 bits per heavy atom. The molecule has 0 amide bonds. The summed E-state index contributed by atoms with van der Waals surface area (Å²) in [5.74, 6) is 0. The number of hydrogen-bond acceptors (Lipinski definition) is 1. The monoisotopic (exact) mass is 487 g/mol. The number of aromatic nitrogens is 1. The van der Waals surface area contributed by atoms with E-state index in [1.54, 1.807) is 0 Å². The van der Waals surface area contributed by atoms with Gasteiger partial charge in [0, 0.05) is 14.7 Å². The number of hydrogen-bond donors (Lipinski definition) is 0. The Bertz CT molecular complexity index is 1190. The zero-order chi connectivity index (χ0) is 19.8. The van der Waals surface area contributed by atoms with Crippen LogP contribution in [-0.2, 0) is 19.3 Å². The molecule has 0 aliphatic heterocycles. The van der Waals surface area contributed by atoms with E-state index >= 15 is 0 Å². The van der Waals surface area contributed by atoms with Gasteiger partial charge in [0.25, 0.3) is 0 Å². The van der Waals surface area contributed by atoms with Crippen LogP contribution in [-0.4, -0.2) is 4.98 Å². The smallest absolute Gasteiger partial charge is 0.0758 e. The molecular weight excluding hydrogens is 465 g/mol. The Morgan fingerprint density at radius 1 is 0.759 bits per heavy atom. The molecular formula is C27H22IN. The number of benzene rings is 3. The lowest BCUT2D eigenvalue weighted by Crippen LogP contribution is -2.11. The molecule has 1 aromatic heterocycles. The zero-order valence-electron chi connectivity index (χ0n) is 16.5. The van der Waals surface area contributed by atoms with Gasteiger partial charge in [0.1, 0.15) is 0 Å². The molecule has 0 bridgehead atoms. The Balaban J connectivity index is 1.90. The third-order valence-corrected chi connectivity index (χ3v) is 6.80. The van der Waals surface area contributed by atoms with Crippen molar-refractivity contribution in [3.8, 4) is 33.6 Å². The fraction of sp³-hybridized carbons (Fsp3) is 0.148. The average molecular weight is 487 g/mol. The van der Waals surface area contributed by atoms with Crippen LogP contribution in [0.15, 0.2) is 78.9 Å². The molecule has 5 rings (SSSR count). The van der Waals surface area contributed by atoms with E-state index in [2.05, 4.69) is 108 Å². The molecule has 1 heterocycles. The third kappa shape index (κ3) is 3.20. The van der Waals surface area contributed by atoms with Gasteiger partial charge in [-0.05, 0) is 75.7 Å². The Kier molecular flexibility index (Phi) is 4.96. The van der Waals surface area contributed by atoms with Gasteiger partial charge < -0.3 is 0 Å². The average Bonchev–Trinajstić information content (AvgIpc) is 2.78. The number of nitrogens with zero attached hydrogens (tertiary/aromatic N) is 1. The van der Waals surface area contributed by atoms with E-state index in [0.29, 0.717) is 0 Å². The van der Waals surface area contributed by atoms with Crippen molar-refractivity contribution in [3.05, 3.63) is 99.1 Å². The molecule has 142 valence electrons. The molecule has 1 aliphatic carbocycles. The van der Waals surface area contributed by atoms with E-state index in [1.165, 1.54) is 42.5 Å². The molecule has 29 heavy (non-hydrogen) atoms. The van der Waals surface area contributed by atoms with Crippen molar-refractivity contribution in [1.82, 2.24) is 4.98 Å². The molecule has 1 nitrogen and oxygen atoms in total. The molecule has 0 atom stereocenters.